The fraction of sp³-hybridized carbons (Fsp3) is 0.600. The Kier molecular flexibility index (Phi) is 5.87. The second-order valence-electron chi connectivity index (χ2n) is 8.60. The van der Waals surface area contributed by atoms with E-state index < -0.39 is 30.3 Å². The first kappa shape index (κ1) is 22.2. The zero-order valence-electron chi connectivity index (χ0n) is 17.4. The van der Waals surface area contributed by atoms with Crippen molar-refractivity contribution in [2.75, 3.05) is 5.32 Å². The number of alkyl halides is 3. The molecule has 3 N–H and O–H groups in total. The van der Waals surface area contributed by atoms with E-state index >= 15 is 0 Å². The third kappa shape index (κ3) is 5.80. The van der Waals surface area contributed by atoms with Crippen LogP contribution >= 0.6 is 0 Å². The molecule has 2 fully saturated rings. The molecule has 174 valence electrons. The Morgan fingerprint density at radius 2 is 2.09 bits per heavy atom. The Bertz CT molecular complexity index is 982. The Balaban J connectivity index is 1.24. The van der Waals surface area contributed by atoms with Gasteiger partial charge in [0.05, 0.1) is 24.1 Å². The van der Waals surface area contributed by atoms with Crippen molar-refractivity contribution in [3.05, 3.63) is 29.3 Å². The summed E-state index contributed by atoms with van der Waals surface area (Å²) in [6.07, 6.45) is -4.10. The summed E-state index contributed by atoms with van der Waals surface area (Å²) in [5.41, 5.74) is 0.265. The quantitative estimate of drug-likeness (QED) is 0.585. The predicted molar refractivity (Wildman–Crippen MR) is 105 cm³/mol. The molecular formula is C20H24F3N5O4. The average molecular weight is 455 g/mol. The van der Waals surface area contributed by atoms with Gasteiger partial charge in [-0.3, -0.25) is 9.89 Å². The molecular weight excluding hydrogens is 431 g/mol. The molecule has 0 aromatic carbocycles. The first-order valence-electron chi connectivity index (χ1n) is 10.4. The van der Waals surface area contributed by atoms with E-state index in [0.29, 0.717) is 43.0 Å². The highest BCUT2D eigenvalue weighted by molar-refractivity contribution is 5.91. The number of alkyl carbamates (subject to hydrolysis) is 1. The van der Waals surface area contributed by atoms with Crippen LogP contribution in [0, 0.1) is 6.92 Å². The van der Waals surface area contributed by atoms with Crippen molar-refractivity contribution < 1.29 is 32.0 Å². The van der Waals surface area contributed by atoms with Gasteiger partial charge >= 0.3 is 12.3 Å². The molecule has 2 saturated carbocycles. The van der Waals surface area contributed by atoms with Crippen LogP contribution in [0.5, 0.6) is 0 Å². The number of nitrogens with zero attached hydrogens (tertiary/aromatic N) is 2. The molecule has 0 aliphatic heterocycles. The topological polar surface area (TPSA) is 122 Å². The molecule has 2 aliphatic rings. The molecule has 0 unspecified atom stereocenters. The van der Waals surface area contributed by atoms with Crippen molar-refractivity contribution in [2.45, 2.75) is 75.6 Å². The van der Waals surface area contributed by atoms with Gasteiger partial charge in [0.15, 0.2) is 5.82 Å². The number of aromatic nitrogens is 3. The third-order valence-electron chi connectivity index (χ3n) is 5.73. The van der Waals surface area contributed by atoms with E-state index in [1.54, 1.807) is 19.1 Å². The summed E-state index contributed by atoms with van der Waals surface area (Å²) in [6, 6.07) is 3.40. The molecule has 2 aliphatic carbocycles. The van der Waals surface area contributed by atoms with E-state index in [0.717, 1.165) is 12.1 Å². The lowest BCUT2D eigenvalue weighted by Gasteiger charge is -2.20. The van der Waals surface area contributed by atoms with Crippen molar-refractivity contribution in [1.29, 1.82) is 0 Å². The van der Waals surface area contributed by atoms with Crippen LogP contribution in [0.3, 0.4) is 0 Å². The fourth-order valence-electron chi connectivity index (χ4n) is 4.06. The van der Waals surface area contributed by atoms with Crippen LogP contribution in [0.25, 0.3) is 0 Å². The van der Waals surface area contributed by atoms with Crippen molar-refractivity contribution in [3.8, 4) is 0 Å². The molecule has 2 amide bonds. The van der Waals surface area contributed by atoms with Crippen molar-refractivity contribution >= 4 is 17.8 Å². The third-order valence-corrected chi connectivity index (χ3v) is 5.73. The Morgan fingerprint density at radius 1 is 1.31 bits per heavy atom. The number of nitrogens with one attached hydrogen (secondary N) is 3. The van der Waals surface area contributed by atoms with Crippen LogP contribution in [0.15, 0.2) is 16.7 Å². The fourth-order valence-corrected chi connectivity index (χ4v) is 4.06. The van der Waals surface area contributed by atoms with Crippen LogP contribution < -0.4 is 10.6 Å². The lowest BCUT2D eigenvalue weighted by atomic mass is 10.0. The van der Waals surface area contributed by atoms with E-state index in [9.17, 15) is 22.8 Å². The van der Waals surface area contributed by atoms with Gasteiger partial charge in [-0.2, -0.15) is 18.3 Å². The number of halogens is 3. The van der Waals surface area contributed by atoms with Gasteiger partial charge in [-0.25, -0.2) is 4.79 Å². The van der Waals surface area contributed by atoms with E-state index in [4.69, 9.17) is 9.26 Å². The van der Waals surface area contributed by atoms with Gasteiger partial charge in [-0.15, -0.1) is 0 Å². The van der Waals surface area contributed by atoms with E-state index in [1.807, 2.05) is 0 Å². The van der Waals surface area contributed by atoms with E-state index in [2.05, 4.69) is 26.0 Å². The smallest absolute Gasteiger partial charge is 0.407 e. The second-order valence-corrected chi connectivity index (χ2v) is 8.60. The molecule has 0 radical (unpaired) electrons. The standard InChI is InChI=1S/C20H24F3N5O4/c1-11-6-14(32-28-11)8-17(29)24-16-9-15(26-27-16)12-2-3-13(7-12)31-18(30)25-19(4-5-19)10-20(21,22)23/h6,9,12-13H,2-5,7-8,10H2,1H3,(H,25,30)(H2,24,26,27,29)/t12-,13+/m0/s1. The van der Waals surface area contributed by atoms with Gasteiger partial charge in [0.25, 0.3) is 0 Å². The minimum atomic E-state index is -4.33. The molecule has 12 heteroatoms. The van der Waals surface area contributed by atoms with Gasteiger partial charge in [0, 0.05) is 23.7 Å². The van der Waals surface area contributed by atoms with Gasteiger partial charge in [-0.1, -0.05) is 5.16 Å². The van der Waals surface area contributed by atoms with Crippen molar-refractivity contribution in [3.63, 3.8) is 0 Å². The molecule has 2 heterocycles. The molecule has 32 heavy (non-hydrogen) atoms. The molecule has 4 rings (SSSR count). The number of amides is 2. The van der Waals surface area contributed by atoms with Crippen LogP contribution in [-0.2, 0) is 16.0 Å². The number of ether oxygens (including phenoxy) is 1. The summed E-state index contributed by atoms with van der Waals surface area (Å²) in [5.74, 6) is 0.559. The molecule has 0 bridgehead atoms. The number of H-pyrrole nitrogens is 1. The second kappa shape index (κ2) is 8.47. The Hall–Kier alpha value is -3.05. The SMILES string of the molecule is Cc1cc(CC(=O)Nc2cc([C@H]3CC[C@@H](OC(=O)NC4(CC(F)(F)F)CC4)C3)[nH]n2)on1. The normalized spacial score (nSPS) is 21.9. The van der Waals surface area contributed by atoms with Crippen LogP contribution in [0.4, 0.5) is 23.8 Å². The van der Waals surface area contributed by atoms with Crippen molar-refractivity contribution in [2.24, 2.45) is 0 Å². The maximum Gasteiger partial charge on any atom is 0.407 e. The number of rotatable bonds is 7. The van der Waals surface area contributed by atoms with E-state index in [-0.39, 0.29) is 18.2 Å². The van der Waals surface area contributed by atoms with Crippen LogP contribution in [0.1, 0.15) is 61.6 Å². The minimum Gasteiger partial charge on any atom is -0.446 e. The number of hydrogen-bond donors (Lipinski definition) is 3. The number of aryl methyl sites for hydroxylation is 1. The summed E-state index contributed by atoms with van der Waals surface area (Å²) < 4.78 is 48.3. The van der Waals surface area contributed by atoms with E-state index in [1.165, 1.54) is 0 Å². The number of carbonyl (C=O) groups is 2. The summed E-state index contributed by atoms with van der Waals surface area (Å²) in [5, 5.41) is 15.8. The van der Waals surface area contributed by atoms with Gasteiger partial charge < -0.3 is 19.9 Å². The number of carbonyl (C=O) groups excluding carboxylic acids is 2. The van der Waals surface area contributed by atoms with Gasteiger partial charge in [0.2, 0.25) is 5.91 Å². The molecule has 2 aromatic rings. The monoisotopic (exact) mass is 455 g/mol. The lowest BCUT2D eigenvalue weighted by molar-refractivity contribution is -0.141. The number of hydrogen-bond acceptors (Lipinski definition) is 6. The Labute approximate surface area is 181 Å². The molecule has 2 aromatic heterocycles. The zero-order chi connectivity index (χ0) is 22.9. The largest absolute Gasteiger partial charge is 0.446 e. The van der Waals surface area contributed by atoms with Gasteiger partial charge in [-0.05, 0) is 39.0 Å². The highest BCUT2D eigenvalue weighted by atomic mass is 19.4. The molecule has 2 atom stereocenters. The zero-order valence-corrected chi connectivity index (χ0v) is 17.4. The predicted octanol–water partition coefficient (Wildman–Crippen LogP) is 3.73. The summed E-state index contributed by atoms with van der Waals surface area (Å²) in [6.45, 7) is 1.76. The van der Waals surface area contributed by atoms with Crippen LogP contribution in [0.2, 0.25) is 0 Å². The first-order valence-corrected chi connectivity index (χ1v) is 10.4. The highest BCUT2D eigenvalue weighted by Crippen LogP contribution is 2.44. The number of anilines is 1. The van der Waals surface area contributed by atoms with Gasteiger partial charge in [0.1, 0.15) is 11.9 Å². The highest BCUT2D eigenvalue weighted by Gasteiger charge is 2.52. The molecule has 0 spiro atoms. The molecule has 0 saturated heterocycles. The summed E-state index contributed by atoms with van der Waals surface area (Å²) >= 11 is 0. The first-order chi connectivity index (χ1) is 15.1. The average Bonchev–Trinajstić information content (AvgIpc) is 3.08. The number of aromatic amines is 1. The maximum atomic E-state index is 12.6. The van der Waals surface area contributed by atoms with Crippen molar-refractivity contribution in [1.82, 2.24) is 20.7 Å². The lowest BCUT2D eigenvalue weighted by Crippen LogP contribution is -2.41. The Morgan fingerprint density at radius 3 is 2.75 bits per heavy atom. The minimum absolute atomic E-state index is 0.0350. The maximum absolute atomic E-state index is 12.6. The molecule has 9 nitrogen and oxygen atoms in total. The summed E-state index contributed by atoms with van der Waals surface area (Å²) in [7, 11) is 0. The van der Waals surface area contributed by atoms with Crippen LogP contribution in [-0.4, -0.2) is 45.2 Å². The summed E-state index contributed by atoms with van der Waals surface area (Å²) in [4.78, 5) is 24.2.